The highest BCUT2D eigenvalue weighted by atomic mass is 16.5. The van der Waals surface area contributed by atoms with Gasteiger partial charge >= 0.3 is 12.0 Å². The minimum absolute atomic E-state index is 0.0951. The minimum Gasteiger partial charge on any atom is -0.493 e. The van der Waals surface area contributed by atoms with Crippen molar-refractivity contribution in [3.05, 3.63) is 64.7 Å². The SMILES string of the molecule is Cc1ccc(C)c(COC(=O)CN2C(=O)N[C@@]3(CCOc4ccccc43)C2=O)c1. The molecule has 0 radical (unpaired) electrons. The van der Waals surface area contributed by atoms with Crippen LogP contribution in [0.25, 0.3) is 0 Å². The summed E-state index contributed by atoms with van der Waals surface area (Å²) in [6, 6.07) is 12.4. The van der Waals surface area contributed by atoms with Crippen LogP contribution < -0.4 is 10.1 Å². The van der Waals surface area contributed by atoms with E-state index >= 15 is 0 Å². The number of urea groups is 1. The molecule has 1 fully saturated rings. The van der Waals surface area contributed by atoms with Crippen LogP contribution in [0.3, 0.4) is 0 Å². The first-order chi connectivity index (χ1) is 13.9. The number of benzene rings is 2. The van der Waals surface area contributed by atoms with Gasteiger partial charge in [-0.2, -0.15) is 0 Å². The van der Waals surface area contributed by atoms with Crippen LogP contribution in [0.15, 0.2) is 42.5 Å². The summed E-state index contributed by atoms with van der Waals surface area (Å²) in [5, 5.41) is 2.77. The number of imide groups is 1. The van der Waals surface area contributed by atoms with Gasteiger partial charge in [0.15, 0.2) is 5.54 Å². The van der Waals surface area contributed by atoms with Gasteiger partial charge in [-0.1, -0.05) is 42.0 Å². The largest absolute Gasteiger partial charge is 0.493 e. The summed E-state index contributed by atoms with van der Waals surface area (Å²) >= 11 is 0. The number of carbonyl (C=O) groups excluding carboxylic acids is 3. The van der Waals surface area contributed by atoms with Crippen LogP contribution >= 0.6 is 0 Å². The van der Waals surface area contributed by atoms with Gasteiger partial charge in [0.05, 0.1) is 6.61 Å². The molecule has 0 bridgehead atoms. The lowest BCUT2D eigenvalue weighted by atomic mass is 9.84. The van der Waals surface area contributed by atoms with Gasteiger partial charge in [-0.25, -0.2) is 4.79 Å². The molecular formula is C22H22N2O5. The van der Waals surface area contributed by atoms with E-state index in [2.05, 4.69) is 5.32 Å². The first kappa shape index (κ1) is 19.0. The third-order valence-electron chi connectivity index (χ3n) is 5.44. The number of hydrogen-bond donors (Lipinski definition) is 1. The van der Waals surface area contributed by atoms with Crippen molar-refractivity contribution in [1.82, 2.24) is 10.2 Å². The number of ether oxygens (including phenoxy) is 2. The number of fused-ring (bicyclic) bond motifs is 2. The fourth-order valence-corrected chi connectivity index (χ4v) is 3.80. The molecule has 1 spiro atoms. The number of aryl methyl sites for hydroxylation is 2. The van der Waals surface area contributed by atoms with E-state index in [-0.39, 0.29) is 6.61 Å². The van der Waals surface area contributed by atoms with Crippen LogP contribution in [0.1, 0.15) is 28.7 Å². The Morgan fingerprint density at radius 3 is 2.83 bits per heavy atom. The van der Waals surface area contributed by atoms with Gasteiger partial charge in [-0.15, -0.1) is 0 Å². The van der Waals surface area contributed by atoms with Crippen LogP contribution in [0.5, 0.6) is 5.75 Å². The molecule has 0 unspecified atom stereocenters. The number of hydrogen-bond acceptors (Lipinski definition) is 5. The highest BCUT2D eigenvalue weighted by Gasteiger charge is 2.55. The topological polar surface area (TPSA) is 84.9 Å². The number of esters is 1. The quantitative estimate of drug-likeness (QED) is 0.636. The Kier molecular flexibility index (Phi) is 4.74. The molecule has 1 N–H and O–H groups in total. The molecule has 2 aromatic rings. The van der Waals surface area contributed by atoms with Gasteiger partial charge in [0.25, 0.3) is 5.91 Å². The van der Waals surface area contributed by atoms with Crippen LogP contribution in [-0.2, 0) is 26.5 Å². The molecule has 29 heavy (non-hydrogen) atoms. The normalized spacial score (nSPS) is 20.3. The molecule has 2 aromatic carbocycles. The first-order valence-electron chi connectivity index (χ1n) is 9.49. The lowest BCUT2D eigenvalue weighted by Gasteiger charge is -2.33. The van der Waals surface area contributed by atoms with E-state index in [0.717, 1.165) is 21.6 Å². The zero-order valence-electron chi connectivity index (χ0n) is 16.4. The average Bonchev–Trinajstić information content (AvgIpc) is 2.94. The van der Waals surface area contributed by atoms with E-state index in [1.165, 1.54) is 0 Å². The molecule has 0 aliphatic carbocycles. The molecule has 150 valence electrons. The van der Waals surface area contributed by atoms with Crippen molar-refractivity contribution in [2.24, 2.45) is 0 Å². The summed E-state index contributed by atoms with van der Waals surface area (Å²) in [7, 11) is 0. The second-order valence-corrected chi connectivity index (χ2v) is 7.41. The van der Waals surface area contributed by atoms with Crippen molar-refractivity contribution in [2.75, 3.05) is 13.2 Å². The Morgan fingerprint density at radius 2 is 2.00 bits per heavy atom. The van der Waals surface area contributed by atoms with Crippen molar-refractivity contribution in [3.8, 4) is 5.75 Å². The van der Waals surface area contributed by atoms with Crippen LogP contribution in [0, 0.1) is 13.8 Å². The second kappa shape index (κ2) is 7.24. The molecule has 1 atom stereocenters. The van der Waals surface area contributed by atoms with Gasteiger partial charge in [0.1, 0.15) is 18.9 Å². The standard InChI is InChI=1S/C22H22N2O5/c1-14-7-8-15(2)16(11-14)13-29-19(25)12-24-20(26)22(23-21(24)27)9-10-28-18-6-4-3-5-17(18)22/h3-8,11H,9-10,12-13H2,1-2H3,(H,23,27)/t22-/m1/s1. The zero-order chi connectivity index (χ0) is 20.6. The number of nitrogens with zero attached hydrogens (tertiary/aromatic N) is 1. The third kappa shape index (κ3) is 3.33. The fourth-order valence-electron chi connectivity index (χ4n) is 3.80. The van der Waals surface area contributed by atoms with Crippen LogP contribution in [-0.4, -0.2) is 36.0 Å². The Balaban J connectivity index is 1.48. The lowest BCUT2D eigenvalue weighted by Crippen LogP contribution is -2.47. The van der Waals surface area contributed by atoms with Crippen molar-refractivity contribution in [3.63, 3.8) is 0 Å². The lowest BCUT2D eigenvalue weighted by molar-refractivity contribution is -0.149. The van der Waals surface area contributed by atoms with Crippen LogP contribution in [0.2, 0.25) is 0 Å². The first-order valence-corrected chi connectivity index (χ1v) is 9.49. The summed E-state index contributed by atoms with van der Waals surface area (Å²) in [5.41, 5.74) is 2.38. The summed E-state index contributed by atoms with van der Waals surface area (Å²) in [5.74, 6) is -0.527. The summed E-state index contributed by atoms with van der Waals surface area (Å²) in [6.45, 7) is 3.86. The molecule has 2 aliphatic heterocycles. The summed E-state index contributed by atoms with van der Waals surface area (Å²) < 4.78 is 10.9. The van der Waals surface area contributed by atoms with E-state index in [1.807, 2.05) is 38.1 Å². The van der Waals surface area contributed by atoms with Crippen molar-refractivity contribution >= 4 is 17.9 Å². The minimum atomic E-state index is -1.20. The second-order valence-electron chi connectivity index (χ2n) is 7.41. The number of rotatable bonds is 4. The number of carbonyl (C=O) groups is 3. The predicted octanol–water partition coefficient (Wildman–Crippen LogP) is 2.58. The van der Waals surface area contributed by atoms with Gasteiger partial charge in [0.2, 0.25) is 0 Å². The van der Waals surface area contributed by atoms with Gasteiger partial charge < -0.3 is 14.8 Å². The van der Waals surface area contributed by atoms with E-state index in [0.29, 0.717) is 24.3 Å². The van der Waals surface area contributed by atoms with E-state index in [1.54, 1.807) is 18.2 Å². The highest BCUT2D eigenvalue weighted by Crippen LogP contribution is 2.40. The molecule has 0 aromatic heterocycles. The molecule has 1 saturated heterocycles. The predicted molar refractivity (Wildman–Crippen MR) is 104 cm³/mol. The Labute approximate surface area is 168 Å². The van der Waals surface area contributed by atoms with E-state index in [4.69, 9.17) is 9.47 Å². The number of para-hydroxylation sites is 1. The monoisotopic (exact) mass is 394 g/mol. The molecule has 0 saturated carbocycles. The van der Waals surface area contributed by atoms with Crippen molar-refractivity contribution < 1.29 is 23.9 Å². The molecular weight excluding hydrogens is 372 g/mol. The molecule has 4 rings (SSSR count). The molecule has 7 nitrogen and oxygen atoms in total. The van der Waals surface area contributed by atoms with Gasteiger partial charge in [-0.05, 0) is 31.0 Å². The summed E-state index contributed by atoms with van der Waals surface area (Å²) in [6.07, 6.45) is 0.308. The molecule has 7 heteroatoms. The summed E-state index contributed by atoms with van der Waals surface area (Å²) in [4.78, 5) is 38.9. The van der Waals surface area contributed by atoms with E-state index in [9.17, 15) is 14.4 Å². The van der Waals surface area contributed by atoms with Gasteiger partial charge in [-0.3, -0.25) is 14.5 Å². The smallest absolute Gasteiger partial charge is 0.326 e. The fraction of sp³-hybridized carbons (Fsp3) is 0.318. The number of amides is 3. The van der Waals surface area contributed by atoms with Crippen LogP contribution in [0.4, 0.5) is 4.79 Å². The Hall–Kier alpha value is -3.35. The number of nitrogens with one attached hydrogen (secondary N) is 1. The van der Waals surface area contributed by atoms with Crippen molar-refractivity contribution in [2.45, 2.75) is 32.4 Å². The molecule has 2 heterocycles. The molecule has 3 amide bonds. The maximum atomic E-state index is 13.1. The average molecular weight is 394 g/mol. The highest BCUT2D eigenvalue weighted by molar-refractivity contribution is 6.09. The zero-order valence-corrected chi connectivity index (χ0v) is 16.4. The maximum Gasteiger partial charge on any atom is 0.326 e. The maximum absolute atomic E-state index is 13.1. The van der Waals surface area contributed by atoms with Gasteiger partial charge in [0, 0.05) is 12.0 Å². The third-order valence-corrected chi connectivity index (χ3v) is 5.44. The Bertz CT molecular complexity index is 1000. The van der Waals surface area contributed by atoms with Crippen molar-refractivity contribution in [1.29, 1.82) is 0 Å². The Morgan fingerprint density at radius 1 is 1.21 bits per heavy atom. The van der Waals surface area contributed by atoms with E-state index < -0.39 is 30.0 Å². The molecule has 2 aliphatic rings.